The molecule has 172 valence electrons. The molecule has 1 N–H and O–H groups in total. The van der Waals surface area contributed by atoms with Gasteiger partial charge in [-0.2, -0.15) is 9.78 Å². The third-order valence-corrected chi connectivity index (χ3v) is 6.60. The standard InChI is InChI=1S/C25H26N8O/c1-16-22-19(24(34)29-18-8-13-32(14-9-18)25-27-11-4-12-28-25)15-20(17-6-7-17)30-23(22)33(31-16)21-5-2-3-10-26-21/h2-5,10-12,15,17-18H,6-9,13-14H2,1H3,(H,29,34). The number of nitrogens with one attached hydrogen (secondary N) is 1. The van der Waals surface area contributed by atoms with Crippen LogP contribution in [0.1, 0.15) is 53.3 Å². The second kappa shape index (κ2) is 8.48. The van der Waals surface area contributed by atoms with Crippen LogP contribution in [0.3, 0.4) is 0 Å². The van der Waals surface area contributed by atoms with Crippen molar-refractivity contribution in [3.8, 4) is 5.82 Å². The number of rotatable bonds is 5. The number of carbonyl (C=O) groups is 1. The summed E-state index contributed by atoms with van der Waals surface area (Å²) in [4.78, 5) is 33.8. The number of aryl methyl sites for hydroxylation is 1. The zero-order chi connectivity index (χ0) is 23.1. The summed E-state index contributed by atoms with van der Waals surface area (Å²) in [5, 5.41) is 8.77. The Balaban J connectivity index is 1.28. The minimum atomic E-state index is -0.0626. The molecule has 2 fully saturated rings. The maximum absolute atomic E-state index is 13.5. The van der Waals surface area contributed by atoms with Crippen molar-refractivity contribution in [1.29, 1.82) is 0 Å². The van der Waals surface area contributed by atoms with E-state index < -0.39 is 0 Å². The number of amides is 1. The van der Waals surface area contributed by atoms with Crippen LogP contribution in [0.15, 0.2) is 48.9 Å². The molecule has 0 unspecified atom stereocenters. The van der Waals surface area contributed by atoms with E-state index in [2.05, 4.69) is 25.2 Å². The van der Waals surface area contributed by atoms with Crippen LogP contribution in [0.2, 0.25) is 0 Å². The van der Waals surface area contributed by atoms with Crippen molar-refractivity contribution in [1.82, 2.24) is 35.0 Å². The summed E-state index contributed by atoms with van der Waals surface area (Å²) in [5.74, 6) is 1.79. The second-order valence-corrected chi connectivity index (χ2v) is 9.04. The summed E-state index contributed by atoms with van der Waals surface area (Å²) in [6, 6.07) is 9.60. The summed E-state index contributed by atoms with van der Waals surface area (Å²) in [6.07, 6.45) is 9.17. The molecule has 34 heavy (non-hydrogen) atoms. The van der Waals surface area contributed by atoms with Crippen LogP contribution < -0.4 is 10.2 Å². The van der Waals surface area contributed by atoms with Gasteiger partial charge < -0.3 is 10.2 Å². The monoisotopic (exact) mass is 454 g/mol. The Bertz CT molecular complexity index is 1330. The van der Waals surface area contributed by atoms with Gasteiger partial charge in [-0.05, 0) is 56.9 Å². The Hall–Kier alpha value is -3.88. The van der Waals surface area contributed by atoms with Gasteiger partial charge in [0.25, 0.3) is 5.91 Å². The molecule has 4 aromatic rings. The predicted octanol–water partition coefficient (Wildman–Crippen LogP) is 3.19. The lowest BCUT2D eigenvalue weighted by Gasteiger charge is -2.32. The number of pyridine rings is 2. The highest BCUT2D eigenvalue weighted by molar-refractivity contribution is 6.07. The quantitative estimate of drug-likeness (QED) is 0.494. The molecule has 0 atom stereocenters. The van der Waals surface area contributed by atoms with E-state index in [0.717, 1.165) is 61.5 Å². The van der Waals surface area contributed by atoms with Gasteiger partial charge in [0.1, 0.15) is 0 Å². The molecule has 2 aliphatic rings. The fourth-order valence-electron chi connectivity index (χ4n) is 4.66. The second-order valence-electron chi connectivity index (χ2n) is 9.04. The number of hydrogen-bond acceptors (Lipinski definition) is 7. The first-order chi connectivity index (χ1) is 16.7. The van der Waals surface area contributed by atoms with Gasteiger partial charge >= 0.3 is 0 Å². The van der Waals surface area contributed by atoms with Crippen LogP contribution in [0.25, 0.3) is 16.9 Å². The third kappa shape index (κ3) is 3.87. The summed E-state index contributed by atoms with van der Waals surface area (Å²) < 4.78 is 1.76. The summed E-state index contributed by atoms with van der Waals surface area (Å²) in [6.45, 7) is 3.55. The van der Waals surface area contributed by atoms with Gasteiger partial charge in [0.2, 0.25) is 5.95 Å². The lowest BCUT2D eigenvalue weighted by Crippen LogP contribution is -2.45. The highest BCUT2D eigenvalue weighted by Crippen LogP contribution is 2.40. The number of carbonyl (C=O) groups excluding carboxylic acids is 1. The van der Waals surface area contributed by atoms with E-state index >= 15 is 0 Å². The number of piperidine rings is 1. The zero-order valence-electron chi connectivity index (χ0n) is 19.1. The van der Waals surface area contributed by atoms with Crippen molar-refractivity contribution in [2.24, 2.45) is 0 Å². The summed E-state index contributed by atoms with van der Waals surface area (Å²) >= 11 is 0. The van der Waals surface area contributed by atoms with Crippen molar-refractivity contribution >= 4 is 22.9 Å². The van der Waals surface area contributed by atoms with Gasteiger partial charge in [0, 0.05) is 49.3 Å². The molecule has 0 aromatic carbocycles. The Labute approximate surface area is 197 Å². The van der Waals surface area contributed by atoms with Crippen LogP contribution in [0, 0.1) is 6.92 Å². The van der Waals surface area contributed by atoms with Crippen molar-refractivity contribution in [3.63, 3.8) is 0 Å². The maximum Gasteiger partial charge on any atom is 0.252 e. The van der Waals surface area contributed by atoms with Crippen LogP contribution in [-0.4, -0.2) is 54.8 Å². The first kappa shape index (κ1) is 20.7. The van der Waals surface area contributed by atoms with Crippen LogP contribution in [0.5, 0.6) is 0 Å². The molecule has 1 saturated heterocycles. The molecule has 1 amide bonds. The van der Waals surface area contributed by atoms with Gasteiger partial charge in [0.15, 0.2) is 11.5 Å². The molecule has 5 heterocycles. The zero-order valence-corrected chi connectivity index (χ0v) is 19.1. The average molecular weight is 455 g/mol. The van der Waals surface area contributed by atoms with E-state index in [9.17, 15) is 4.79 Å². The lowest BCUT2D eigenvalue weighted by molar-refractivity contribution is 0.0932. The van der Waals surface area contributed by atoms with E-state index in [1.807, 2.05) is 37.3 Å². The minimum absolute atomic E-state index is 0.0626. The molecule has 6 rings (SSSR count). The minimum Gasteiger partial charge on any atom is -0.349 e. The number of aromatic nitrogens is 6. The van der Waals surface area contributed by atoms with E-state index in [4.69, 9.17) is 10.1 Å². The lowest BCUT2D eigenvalue weighted by atomic mass is 10.0. The number of hydrogen-bond donors (Lipinski definition) is 1. The van der Waals surface area contributed by atoms with E-state index in [-0.39, 0.29) is 11.9 Å². The van der Waals surface area contributed by atoms with Gasteiger partial charge in [-0.25, -0.2) is 19.9 Å². The first-order valence-electron chi connectivity index (χ1n) is 11.8. The van der Waals surface area contributed by atoms with E-state index in [0.29, 0.717) is 22.9 Å². The Kier molecular flexibility index (Phi) is 5.16. The number of nitrogens with zero attached hydrogens (tertiary/aromatic N) is 7. The highest BCUT2D eigenvalue weighted by Gasteiger charge is 2.30. The topological polar surface area (TPSA) is 102 Å². The number of anilines is 1. The molecule has 4 aromatic heterocycles. The molecule has 0 bridgehead atoms. The fraction of sp³-hybridized carbons (Fsp3) is 0.360. The highest BCUT2D eigenvalue weighted by atomic mass is 16.1. The molecule has 1 aliphatic heterocycles. The third-order valence-electron chi connectivity index (χ3n) is 6.60. The van der Waals surface area contributed by atoms with E-state index in [1.54, 1.807) is 23.3 Å². The van der Waals surface area contributed by atoms with Gasteiger partial charge in [-0.3, -0.25) is 4.79 Å². The Morgan fingerprint density at radius 2 is 1.76 bits per heavy atom. The van der Waals surface area contributed by atoms with Crippen molar-refractivity contribution < 1.29 is 4.79 Å². The average Bonchev–Trinajstić information content (AvgIpc) is 3.68. The molecule has 0 radical (unpaired) electrons. The molecule has 0 spiro atoms. The molecule has 9 heteroatoms. The molecule has 1 aliphatic carbocycles. The largest absolute Gasteiger partial charge is 0.349 e. The van der Waals surface area contributed by atoms with Gasteiger partial charge in [0.05, 0.1) is 16.6 Å². The summed E-state index contributed by atoms with van der Waals surface area (Å²) in [5.41, 5.74) is 3.09. The Morgan fingerprint density at radius 3 is 2.47 bits per heavy atom. The first-order valence-corrected chi connectivity index (χ1v) is 11.8. The van der Waals surface area contributed by atoms with Crippen molar-refractivity contribution in [2.75, 3.05) is 18.0 Å². The van der Waals surface area contributed by atoms with Gasteiger partial charge in [-0.1, -0.05) is 6.07 Å². The maximum atomic E-state index is 13.5. The van der Waals surface area contributed by atoms with Crippen molar-refractivity contribution in [2.45, 2.75) is 44.6 Å². The van der Waals surface area contributed by atoms with Crippen LogP contribution in [-0.2, 0) is 0 Å². The predicted molar refractivity (Wildman–Crippen MR) is 128 cm³/mol. The normalized spacial score (nSPS) is 16.7. The smallest absolute Gasteiger partial charge is 0.252 e. The SMILES string of the molecule is Cc1nn(-c2ccccn2)c2nc(C3CC3)cc(C(=O)NC3CCN(c4ncccn4)CC3)c12. The molecular weight excluding hydrogens is 428 g/mol. The molecule has 1 saturated carbocycles. The fourth-order valence-corrected chi connectivity index (χ4v) is 4.66. The summed E-state index contributed by atoms with van der Waals surface area (Å²) in [7, 11) is 0. The van der Waals surface area contributed by atoms with Crippen LogP contribution in [0.4, 0.5) is 5.95 Å². The van der Waals surface area contributed by atoms with Crippen LogP contribution >= 0.6 is 0 Å². The van der Waals surface area contributed by atoms with Gasteiger partial charge in [-0.15, -0.1) is 0 Å². The molecular formula is C25H26N8O. The molecule has 9 nitrogen and oxygen atoms in total. The Morgan fingerprint density at radius 1 is 1.00 bits per heavy atom. The van der Waals surface area contributed by atoms with E-state index in [1.165, 1.54) is 0 Å². The number of fused-ring (bicyclic) bond motifs is 1. The van der Waals surface area contributed by atoms with Crippen molar-refractivity contribution in [3.05, 3.63) is 65.9 Å².